The lowest BCUT2D eigenvalue weighted by Crippen LogP contribution is -2.43. The number of nitrogens with one attached hydrogen (secondary N) is 1. The molecule has 1 aliphatic heterocycles. The molecule has 3 rings (SSSR count). The third kappa shape index (κ3) is 3.83. The Hall–Kier alpha value is -2.18. The third-order valence-electron chi connectivity index (χ3n) is 3.75. The smallest absolute Gasteiger partial charge is 0.197 e. The van der Waals surface area contributed by atoms with Gasteiger partial charge < -0.3 is 19.5 Å². The van der Waals surface area contributed by atoms with Crippen molar-refractivity contribution in [2.75, 3.05) is 26.3 Å². The van der Waals surface area contributed by atoms with Crippen LogP contribution < -0.4 is 14.8 Å². The van der Waals surface area contributed by atoms with Gasteiger partial charge in [-0.1, -0.05) is 12.1 Å². The van der Waals surface area contributed by atoms with E-state index in [1.54, 1.807) is 18.3 Å². The van der Waals surface area contributed by atoms with Crippen molar-refractivity contribution in [1.29, 1.82) is 0 Å². The lowest BCUT2D eigenvalue weighted by Gasteiger charge is -2.31. The van der Waals surface area contributed by atoms with Gasteiger partial charge in [-0.25, -0.2) is 4.39 Å². The highest BCUT2D eigenvalue weighted by Crippen LogP contribution is 2.35. The molecule has 0 radical (unpaired) electrons. The Bertz CT molecular complexity index is 648. The van der Waals surface area contributed by atoms with E-state index >= 15 is 0 Å². The predicted octanol–water partition coefficient (Wildman–Crippen LogP) is 2.73. The van der Waals surface area contributed by atoms with Crippen molar-refractivity contribution in [3.63, 3.8) is 0 Å². The summed E-state index contributed by atoms with van der Waals surface area (Å²) in [5, 5.41) is 3.27. The van der Waals surface area contributed by atoms with Crippen molar-refractivity contribution >= 4 is 0 Å². The molecule has 1 aromatic carbocycles. The standard InChI is InChI=1S/C18H21FN2O3/c1-2-22-15-8-5-6-13(19)17(15)24-18(14-7-3-4-9-21-14)16-12-20-10-11-23-16/h3-9,16,18,20H,2,10-12H2,1H3/t16-,18-/m0/s1. The van der Waals surface area contributed by atoms with Gasteiger partial charge in [-0.15, -0.1) is 0 Å². The van der Waals surface area contributed by atoms with Crippen LogP contribution in [-0.4, -0.2) is 37.4 Å². The monoisotopic (exact) mass is 332 g/mol. The highest BCUT2D eigenvalue weighted by atomic mass is 19.1. The average Bonchev–Trinajstić information content (AvgIpc) is 2.63. The zero-order chi connectivity index (χ0) is 16.8. The molecule has 0 aliphatic carbocycles. The number of aromatic nitrogens is 1. The van der Waals surface area contributed by atoms with Gasteiger partial charge in [0.05, 0.1) is 18.9 Å². The van der Waals surface area contributed by atoms with Gasteiger partial charge in [0.15, 0.2) is 23.4 Å². The van der Waals surface area contributed by atoms with Crippen LogP contribution in [0.15, 0.2) is 42.6 Å². The van der Waals surface area contributed by atoms with Crippen LogP contribution >= 0.6 is 0 Å². The molecule has 1 aliphatic rings. The molecule has 6 heteroatoms. The van der Waals surface area contributed by atoms with E-state index in [-0.39, 0.29) is 11.9 Å². The van der Waals surface area contributed by atoms with Gasteiger partial charge in [0.2, 0.25) is 0 Å². The molecule has 1 aromatic heterocycles. The first-order chi connectivity index (χ1) is 11.8. The van der Waals surface area contributed by atoms with Crippen LogP contribution in [0.2, 0.25) is 0 Å². The summed E-state index contributed by atoms with van der Waals surface area (Å²) in [6.07, 6.45) is 0.894. The molecule has 0 amide bonds. The number of benzene rings is 1. The second-order valence-electron chi connectivity index (χ2n) is 5.41. The summed E-state index contributed by atoms with van der Waals surface area (Å²) in [6.45, 7) is 4.25. The predicted molar refractivity (Wildman–Crippen MR) is 87.8 cm³/mol. The quantitative estimate of drug-likeness (QED) is 0.881. The number of para-hydroxylation sites is 1. The minimum atomic E-state index is -0.532. The molecule has 1 N–H and O–H groups in total. The largest absolute Gasteiger partial charge is 0.490 e. The van der Waals surface area contributed by atoms with Crippen molar-refractivity contribution in [3.05, 3.63) is 54.1 Å². The fourth-order valence-electron chi connectivity index (χ4n) is 2.65. The molecule has 0 unspecified atom stereocenters. The number of pyridine rings is 1. The molecule has 5 nitrogen and oxygen atoms in total. The van der Waals surface area contributed by atoms with Crippen molar-refractivity contribution in [3.8, 4) is 11.5 Å². The minimum absolute atomic E-state index is 0.0872. The Kier molecular flexibility index (Phi) is 5.61. The molecule has 24 heavy (non-hydrogen) atoms. The number of rotatable bonds is 6. The average molecular weight is 332 g/mol. The molecule has 0 spiro atoms. The van der Waals surface area contributed by atoms with Crippen LogP contribution in [0, 0.1) is 5.82 Å². The number of hydrogen-bond acceptors (Lipinski definition) is 5. The number of ether oxygens (including phenoxy) is 3. The Morgan fingerprint density at radius 1 is 1.33 bits per heavy atom. The molecular formula is C18H21FN2O3. The number of halogens is 1. The molecule has 2 heterocycles. The van der Waals surface area contributed by atoms with E-state index < -0.39 is 11.9 Å². The number of hydrogen-bond donors (Lipinski definition) is 1. The molecule has 2 aromatic rings. The zero-order valence-electron chi connectivity index (χ0n) is 13.6. The molecule has 1 saturated heterocycles. The fraction of sp³-hybridized carbons (Fsp3) is 0.389. The van der Waals surface area contributed by atoms with Crippen LogP contribution in [0.25, 0.3) is 0 Å². The maximum Gasteiger partial charge on any atom is 0.197 e. The van der Waals surface area contributed by atoms with Gasteiger partial charge in [-0.3, -0.25) is 4.98 Å². The molecule has 0 bridgehead atoms. The van der Waals surface area contributed by atoms with E-state index in [1.165, 1.54) is 6.07 Å². The number of morpholine rings is 1. The second-order valence-corrected chi connectivity index (χ2v) is 5.41. The van der Waals surface area contributed by atoms with Gasteiger partial charge in [-0.05, 0) is 31.2 Å². The summed E-state index contributed by atoms with van der Waals surface area (Å²) >= 11 is 0. The van der Waals surface area contributed by atoms with Crippen molar-refractivity contribution in [2.24, 2.45) is 0 Å². The van der Waals surface area contributed by atoms with Gasteiger partial charge >= 0.3 is 0 Å². The first-order valence-electron chi connectivity index (χ1n) is 8.10. The Labute approximate surface area is 140 Å². The zero-order valence-corrected chi connectivity index (χ0v) is 13.6. The molecule has 128 valence electrons. The molecule has 0 saturated carbocycles. The van der Waals surface area contributed by atoms with Crippen LogP contribution in [0.1, 0.15) is 18.7 Å². The normalized spacial score (nSPS) is 18.8. The van der Waals surface area contributed by atoms with Crippen LogP contribution in [0.5, 0.6) is 11.5 Å². The molecular weight excluding hydrogens is 311 g/mol. The van der Waals surface area contributed by atoms with Crippen LogP contribution in [0.4, 0.5) is 4.39 Å². The highest BCUT2D eigenvalue weighted by molar-refractivity contribution is 5.41. The second kappa shape index (κ2) is 8.08. The molecule has 1 fully saturated rings. The summed E-state index contributed by atoms with van der Waals surface area (Å²) in [7, 11) is 0. The number of nitrogens with zero attached hydrogens (tertiary/aromatic N) is 1. The van der Waals surface area contributed by atoms with Gasteiger partial charge in [0.1, 0.15) is 6.10 Å². The third-order valence-corrected chi connectivity index (χ3v) is 3.75. The van der Waals surface area contributed by atoms with Gasteiger partial charge in [0, 0.05) is 19.3 Å². The van der Waals surface area contributed by atoms with Gasteiger partial charge in [0.25, 0.3) is 0 Å². The SMILES string of the molecule is CCOc1cccc(F)c1O[C@@H](c1ccccn1)[C@@H]1CNCCO1. The Morgan fingerprint density at radius 3 is 2.96 bits per heavy atom. The van der Waals surface area contributed by atoms with E-state index in [2.05, 4.69) is 10.3 Å². The lowest BCUT2D eigenvalue weighted by atomic mass is 10.1. The lowest BCUT2D eigenvalue weighted by molar-refractivity contribution is -0.0464. The van der Waals surface area contributed by atoms with Crippen LogP contribution in [-0.2, 0) is 4.74 Å². The fourth-order valence-corrected chi connectivity index (χ4v) is 2.65. The minimum Gasteiger partial charge on any atom is -0.490 e. The summed E-state index contributed by atoms with van der Waals surface area (Å²) in [5.74, 6) is -0.00275. The van der Waals surface area contributed by atoms with E-state index in [1.807, 2.05) is 25.1 Å². The molecule has 2 atom stereocenters. The summed E-state index contributed by atoms with van der Waals surface area (Å²) < 4.78 is 31.7. The Morgan fingerprint density at radius 2 is 2.25 bits per heavy atom. The van der Waals surface area contributed by atoms with Crippen molar-refractivity contribution in [1.82, 2.24) is 10.3 Å². The first-order valence-corrected chi connectivity index (χ1v) is 8.10. The van der Waals surface area contributed by atoms with Crippen molar-refractivity contribution < 1.29 is 18.6 Å². The topological polar surface area (TPSA) is 52.6 Å². The van der Waals surface area contributed by atoms with E-state index in [0.29, 0.717) is 31.2 Å². The van der Waals surface area contributed by atoms with Gasteiger partial charge in [-0.2, -0.15) is 0 Å². The summed E-state index contributed by atoms with van der Waals surface area (Å²) in [5.41, 5.74) is 0.692. The maximum atomic E-state index is 14.3. The van der Waals surface area contributed by atoms with Crippen LogP contribution in [0.3, 0.4) is 0 Å². The maximum absolute atomic E-state index is 14.3. The summed E-state index contributed by atoms with van der Waals surface area (Å²) in [4.78, 5) is 4.36. The first kappa shape index (κ1) is 16.7. The highest BCUT2D eigenvalue weighted by Gasteiger charge is 2.30. The van der Waals surface area contributed by atoms with E-state index in [0.717, 1.165) is 6.54 Å². The van der Waals surface area contributed by atoms with E-state index in [9.17, 15) is 4.39 Å². The summed E-state index contributed by atoms with van der Waals surface area (Å²) in [6, 6.07) is 10.2. The Balaban J connectivity index is 1.92. The van der Waals surface area contributed by atoms with Crippen molar-refractivity contribution in [2.45, 2.75) is 19.1 Å². The van der Waals surface area contributed by atoms with E-state index in [4.69, 9.17) is 14.2 Å².